The van der Waals surface area contributed by atoms with Crippen molar-refractivity contribution in [1.82, 2.24) is 5.16 Å². The van der Waals surface area contributed by atoms with E-state index in [2.05, 4.69) is 10.5 Å². The lowest BCUT2D eigenvalue weighted by Crippen LogP contribution is -2.13. The fourth-order valence-corrected chi connectivity index (χ4v) is 1.97. The summed E-state index contributed by atoms with van der Waals surface area (Å²) in [6, 6.07) is 7.71. The molecule has 1 heterocycles. The molecule has 0 aliphatic heterocycles. The molecule has 0 aliphatic carbocycles. The molecule has 3 N–H and O–H groups in total. The van der Waals surface area contributed by atoms with Crippen LogP contribution in [0.5, 0.6) is 0 Å². The molecule has 2 aromatic rings. The van der Waals surface area contributed by atoms with Crippen LogP contribution in [0.4, 0.5) is 5.69 Å². The minimum absolute atomic E-state index is 0.386. The molecule has 5 heteroatoms. The molecule has 2 rings (SSSR count). The second-order valence-corrected chi connectivity index (χ2v) is 4.51. The summed E-state index contributed by atoms with van der Waals surface area (Å²) in [5.41, 5.74) is 9.41. The highest BCUT2D eigenvalue weighted by molar-refractivity contribution is 7.80. The maximum absolute atomic E-state index is 5.68. The minimum Gasteiger partial charge on any atom is -0.389 e. The normalized spacial score (nSPS) is 10.3. The molecule has 0 unspecified atom stereocenters. The highest BCUT2D eigenvalue weighted by Gasteiger charge is 2.10. The van der Waals surface area contributed by atoms with Crippen LogP contribution in [-0.4, -0.2) is 10.1 Å². The van der Waals surface area contributed by atoms with Crippen LogP contribution in [-0.2, 0) is 6.54 Å². The Bertz CT molecular complexity index is 558. The maximum Gasteiger partial charge on any atom is 0.138 e. The van der Waals surface area contributed by atoms with Gasteiger partial charge in [0.2, 0.25) is 0 Å². The van der Waals surface area contributed by atoms with Crippen molar-refractivity contribution in [3.63, 3.8) is 0 Å². The second kappa shape index (κ2) is 5.18. The summed E-state index contributed by atoms with van der Waals surface area (Å²) in [6.45, 7) is 4.46. The van der Waals surface area contributed by atoms with Crippen LogP contribution >= 0.6 is 12.2 Å². The number of aryl methyl sites for hydroxylation is 2. The lowest BCUT2D eigenvalue weighted by atomic mass is 10.1. The second-order valence-electron chi connectivity index (χ2n) is 4.07. The Morgan fingerprint density at radius 1 is 1.39 bits per heavy atom. The van der Waals surface area contributed by atoms with E-state index in [1.807, 2.05) is 38.1 Å². The number of hydrogen-bond acceptors (Lipinski definition) is 4. The van der Waals surface area contributed by atoms with Gasteiger partial charge in [-0.05, 0) is 26.0 Å². The molecule has 1 aromatic heterocycles. The van der Waals surface area contributed by atoms with Gasteiger partial charge in [-0.1, -0.05) is 29.5 Å². The largest absolute Gasteiger partial charge is 0.389 e. The Hall–Kier alpha value is -1.88. The van der Waals surface area contributed by atoms with Crippen LogP contribution in [0.25, 0.3) is 0 Å². The molecule has 18 heavy (non-hydrogen) atoms. The third-order valence-corrected chi connectivity index (χ3v) is 3.05. The predicted molar refractivity (Wildman–Crippen MR) is 75.6 cm³/mol. The first-order chi connectivity index (χ1) is 8.59. The number of para-hydroxylation sites is 1. The van der Waals surface area contributed by atoms with Gasteiger partial charge in [0, 0.05) is 23.4 Å². The van der Waals surface area contributed by atoms with Gasteiger partial charge in [-0.3, -0.25) is 0 Å². The molecule has 1 aromatic carbocycles. The average Bonchev–Trinajstić information content (AvgIpc) is 2.67. The third-order valence-electron chi connectivity index (χ3n) is 2.83. The summed E-state index contributed by atoms with van der Waals surface area (Å²) < 4.78 is 5.12. The van der Waals surface area contributed by atoms with E-state index < -0.39 is 0 Å². The number of aromatic nitrogens is 1. The molecule has 4 nitrogen and oxygen atoms in total. The van der Waals surface area contributed by atoms with Crippen molar-refractivity contribution in [3.8, 4) is 0 Å². The van der Waals surface area contributed by atoms with Gasteiger partial charge in [-0.25, -0.2) is 0 Å². The molecule has 0 atom stereocenters. The van der Waals surface area contributed by atoms with Crippen molar-refractivity contribution in [1.29, 1.82) is 0 Å². The predicted octanol–water partition coefficient (Wildman–Crippen LogP) is 2.54. The molecule has 0 amide bonds. The molecule has 0 bridgehead atoms. The van der Waals surface area contributed by atoms with Crippen molar-refractivity contribution in [2.45, 2.75) is 20.4 Å². The van der Waals surface area contributed by atoms with Crippen LogP contribution in [0.3, 0.4) is 0 Å². The van der Waals surface area contributed by atoms with Crippen LogP contribution in [0, 0.1) is 13.8 Å². The lowest BCUT2D eigenvalue weighted by Gasteiger charge is -2.10. The molecule has 0 saturated heterocycles. The standard InChI is InChI=1S/C13H15N3OS/c1-8-11(9(2)17-16-8)7-15-12-6-4-3-5-10(12)13(14)18/h3-6,15H,7H2,1-2H3,(H2,14,18). The van der Waals surface area contributed by atoms with E-state index in [1.54, 1.807) is 0 Å². The first-order valence-corrected chi connectivity index (χ1v) is 6.05. The minimum atomic E-state index is 0.386. The smallest absolute Gasteiger partial charge is 0.138 e. The summed E-state index contributed by atoms with van der Waals surface area (Å²) in [5.74, 6) is 0.827. The fourth-order valence-electron chi connectivity index (χ4n) is 1.79. The topological polar surface area (TPSA) is 64.1 Å². The van der Waals surface area contributed by atoms with E-state index in [-0.39, 0.29) is 0 Å². The van der Waals surface area contributed by atoms with Crippen LogP contribution < -0.4 is 11.1 Å². The lowest BCUT2D eigenvalue weighted by molar-refractivity contribution is 0.392. The molecular weight excluding hydrogens is 246 g/mol. The first-order valence-electron chi connectivity index (χ1n) is 5.64. The highest BCUT2D eigenvalue weighted by Crippen LogP contribution is 2.18. The van der Waals surface area contributed by atoms with Crippen LogP contribution in [0.1, 0.15) is 22.6 Å². The molecule has 0 saturated carbocycles. The van der Waals surface area contributed by atoms with E-state index in [1.165, 1.54) is 0 Å². The Labute approximate surface area is 111 Å². The average molecular weight is 261 g/mol. The van der Waals surface area contributed by atoms with E-state index in [0.717, 1.165) is 28.3 Å². The number of nitrogens with zero attached hydrogens (tertiary/aromatic N) is 1. The Morgan fingerprint density at radius 2 is 2.11 bits per heavy atom. The third kappa shape index (κ3) is 2.51. The van der Waals surface area contributed by atoms with E-state index in [4.69, 9.17) is 22.5 Å². The number of rotatable bonds is 4. The summed E-state index contributed by atoms with van der Waals surface area (Å²) in [7, 11) is 0. The van der Waals surface area contributed by atoms with E-state index in [0.29, 0.717) is 11.5 Å². The van der Waals surface area contributed by atoms with Crippen molar-refractivity contribution >= 4 is 22.9 Å². The molecule has 94 valence electrons. The zero-order valence-electron chi connectivity index (χ0n) is 10.4. The number of nitrogens with two attached hydrogens (primary N) is 1. The van der Waals surface area contributed by atoms with Crippen LogP contribution in [0.2, 0.25) is 0 Å². The molecule has 0 aliphatic rings. The molecule has 0 radical (unpaired) electrons. The zero-order chi connectivity index (χ0) is 13.1. The Kier molecular flexibility index (Phi) is 3.62. The van der Waals surface area contributed by atoms with Gasteiger partial charge in [-0.15, -0.1) is 0 Å². The van der Waals surface area contributed by atoms with Gasteiger partial charge in [0.25, 0.3) is 0 Å². The van der Waals surface area contributed by atoms with Gasteiger partial charge >= 0.3 is 0 Å². The van der Waals surface area contributed by atoms with Gasteiger partial charge in [0.1, 0.15) is 10.7 Å². The van der Waals surface area contributed by atoms with E-state index >= 15 is 0 Å². The summed E-state index contributed by atoms with van der Waals surface area (Å²) in [4.78, 5) is 0.386. The first kappa shape index (κ1) is 12.6. The summed E-state index contributed by atoms with van der Waals surface area (Å²) >= 11 is 5.02. The number of hydrogen-bond donors (Lipinski definition) is 2. The molecule has 0 fully saturated rings. The highest BCUT2D eigenvalue weighted by atomic mass is 32.1. The van der Waals surface area contributed by atoms with Crippen molar-refractivity contribution < 1.29 is 4.52 Å². The van der Waals surface area contributed by atoms with Crippen molar-refractivity contribution in [2.24, 2.45) is 5.73 Å². The quantitative estimate of drug-likeness (QED) is 0.828. The summed E-state index contributed by atoms with van der Waals surface area (Å²) in [6.07, 6.45) is 0. The SMILES string of the molecule is Cc1noc(C)c1CNc1ccccc1C(N)=S. The number of benzene rings is 1. The van der Waals surface area contributed by atoms with Gasteiger partial charge < -0.3 is 15.6 Å². The monoisotopic (exact) mass is 261 g/mol. The van der Waals surface area contributed by atoms with Crippen molar-refractivity contribution in [2.75, 3.05) is 5.32 Å². The van der Waals surface area contributed by atoms with Crippen molar-refractivity contribution in [3.05, 3.63) is 46.8 Å². The number of nitrogens with one attached hydrogen (secondary N) is 1. The van der Waals surface area contributed by atoms with Gasteiger partial charge in [0.15, 0.2) is 0 Å². The Balaban J connectivity index is 2.18. The summed E-state index contributed by atoms with van der Waals surface area (Å²) in [5, 5.41) is 7.23. The van der Waals surface area contributed by atoms with Gasteiger partial charge in [0.05, 0.1) is 5.69 Å². The zero-order valence-corrected chi connectivity index (χ0v) is 11.2. The number of thiocarbonyl (C=S) groups is 1. The molecule has 0 spiro atoms. The number of anilines is 1. The fraction of sp³-hybridized carbons (Fsp3) is 0.231. The molecular formula is C13H15N3OS. The van der Waals surface area contributed by atoms with E-state index in [9.17, 15) is 0 Å². The van der Waals surface area contributed by atoms with Crippen LogP contribution in [0.15, 0.2) is 28.8 Å². The Morgan fingerprint density at radius 3 is 2.72 bits per heavy atom. The van der Waals surface area contributed by atoms with Gasteiger partial charge in [-0.2, -0.15) is 0 Å². The maximum atomic E-state index is 5.68.